The van der Waals surface area contributed by atoms with Gasteiger partial charge in [0.2, 0.25) is 5.91 Å². The van der Waals surface area contributed by atoms with Crippen LogP contribution in [0.4, 0.5) is 22.0 Å². The molecule has 0 fully saturated rings. The molecular formula is C21H22N4O3. The summed E-state index contributed by atoms with van der Waals surface area (Å²) < 4.78 is 5.27. The fourth-order valence-electron chi connectivity index (χ4n) is 2.77. The van der Waals surface area contributed by atoms with Crippen LogP contribution in [0.5, 0.6) is 5.75 Å². The maximum Gasteiger partial charge on any atom is 0.323 e. The number of H-pyrrole nitrogens is 1. The molecule has 3 aromatic rings. The number of aromatic nitrogens is 1. The number of anilines is 3. The van der Waals surface area contributed by atoms with E-state index in [1.54, 1.807) is 7.11 Å². The van der Waals surface area contributed by atoms with Gasteiger partial charge in [0.15, 0.2) is 0 Å². The molecule has 0 bridgehead atoms. The van der Waals surface area contributed by atoms with Crippen LogP contribution in [-0.2, 0) is 4.79 Å². The third kappa shape index (κ3) is 4.70. The number of hydrogen-bond acceptors (Lipinski definition) is 3. The molecule has 144 valence electrons. The predicted octanol–water partition coefficient (Wildman–Crippen LogP) is 4.60. The summed E-state index contributed by atoms with van der Waals surface area (Å²) in [6, 6.07) is 14.5. The first-order valence-corrected chi connectivity index (χ1v) is 8.73. The largest absolute Gasteiger partial charge is 0.495 e. The average molecular weight is 378 g/mol. The van der Waals surface area contributed by atoms with Gasteiger partial charge in [-0.15, -0.1) is 0 Å². The van der Waals surface area contributed by atoms with Gasteiger partial charge in [0.25, 0.3) is 0 Å². The van der Waals surface area contributed by atoms with Crippen LogP contribution in [0.15, 0.2) is 54.7 Å². The highest BCUT2D eigenvalue weighted by atomic mass is 16.5. The molecule has 1 heterocycles. The van der Waals surface area contributed by atoms with Crippen molar-refractivity contribution >= 4 is 29.1 Å². The van der Waals surface area contributed by atoms with Crippen LogP contribution in [0.1, 0.15) is 12.5 Å². The van der Waals surface area contributed by atoms with E-state index in [0.717, 1.165) is 16.7 Å². The van der Waals surface area contributed by atoms with E-state index in [1.807, 2.05) is 61.7 Å². The van der Waals surface area contributed by atoms with Crippen molar-refractivity contribution in [3.05, 3.63) is 60.3 Å². The molecule has 3 amide bonds. The van der Waals surface area contributed by atoms with Gasteiger partial charge in [0.1, 0.15) is 11.6 Å². The van der Waals surface area contributed by atoms with Crippen molar-refractivity contribution in [1.82, 2.24) is 4.98 Å². The summed E-state index contributed by atoms with van der Waals surface area (Å²) in [4.78, 5) is 26.4. The Kier molecular flexibility index (Phi) is 5.64. The summed E-state index contributed by atoms with van der Waals surface area (Å²) in [5, 5.41) is 8.30. The summed E-state index contributed by atoms with van der Waals surface area (Å²) in [5.41, 5.74) is 4.17. The number of carbonyl (C=O) groups is 2. The lowest BCUT2D eigenvalue weighted by Crippen LogP contribution is -2.19. The molecule has 3 rings (SSSR count). The molecule has 0 saturated heterocycles. The molecule has 4 N–H and O–H groups in total. The Bertz CT molecular complexity index is 993. The zero-order chi connectivity index (χ0) is 20.1. The molecular weight excluding hydrogens is 356 g/mol. The Hall–Kier alpha value is -3.74. The van der Waals surface area contributed by atoms with Crippen molar-refractivity contribution in [3.8, 4) is 16.9 Å². The minimum absolute atomic E-state index is 0.135. The minimum atomic E-state index is -0.355. The van der Waals surface area contributed by atoms with Crippen molar-refractivity contribution in [2.45, 2.75) is 13.8 Å². The second-order valence-electron chi connectivity index (χ2n) is 6.34. The number of methoxy groups -OCH3 is 1. The Morgan fingerprint density at radius 2 is 1.68 bits per heavy atom. The van der Waals surface area contributed by atoms with E-state index in [9.17, 15) is 9.59 Å². The number of benzene rings is 2. The van der Waals surface area contributed by atoms with E-state index in [-0.39, 0.29) is 11.9 Å². The number of urea groups is 1. The minimum Gasteiger partial charge on any atom is -0.495 e. The zero-order valence-corrected chi connectivity index (χ0v) is 15.9. The molecule has 0 aliphatic carbocycles. The van der Waals surface area contributed by atoms with Crippen LogP contribution in [0.3, 0.4) is 0 Å². The topological polar surface area (TPSA) is 95.2 Å². The number of nitrogens with one attached hydrogen (secondary N) is 4. The lowest BCUT2D eigenvalue weighted by molar-refractivity contribution is -0.114. The zero-order valence-electron chi connectivity index (χ0n) is 15.9. The molecule has 2 aromatic carbocycles. The SMILES string of the molecule is COc1ccc(C)cc1NC(=O)Nc1ccc(-c2c[nH]c(NC(C)=O)c2)cc1. The van der Waals surface area contributed by atoms with E-state index in [2.05, 4.69) is 20.9 Å². The highest BCUT2D eigenvalue weighted by Crippen LogP contribution is 2.26. The summed E-state index contributed by atoms with van der Waals surface area (Å²) in [6.07, 6.45) is 1.81. The van der Waals surface area contributed by atoms with Crippen molar-refractivity contribution in [3.63, 3.8) is 0 Å². The number of rotatable bonds is 5. The Labute approximate surface area is 163 Å². The molecule has 28 heavy (non-hydrogen) atoms. The molecule has 7 heteroatoms. The van der Waals surface area contributed by atoms with E-state index < -0.39 is 0 Å². The van der Waals surface area contributed by atoms with Gasteiger partial charge >= 0.3 is 6.03 Å². The Morgan fingerprint density at radius 1 is 0.929 bits per heavy atom. The summed E-state index contributed by atoms with van der Waals surface area (Å²) in [5.74, 6) is 1.10. The Balaban J connectivity index is 1.65. The number of ether oxygens (including phenoxy) is 1. The lowest BCUT2D eigenvalue weighted by Gasteiger charge is -2.12. The monoisotopic (exact) mass is 378 g/mol. The third-order valence-corrected chi connectivity index (χ3v) is 4.07. The fourth-order valence-corrected chi connectivity index (χ4v) is 2.77. The summed E-state index contributed by atoms with van der Waals surface area (Å²) in [7, 11) is 1.56. The normalized spacial score (nSPS) is 10.2. The van der Waals surface area contributed by atoms with Crippen LogP contribution < -0.4 is 20.7 Å². The first kappa shape index (κ1) is 19.0. The highest BCUT2D eigenvalue weighted by Gasteiger charge is 2.09. The highest BCUT2D eigenvalue weighted by molar-refractivity contribution is 6.00. The first-order valence-electron chi connectivity index (χ1n) is 8.73. The smallest absolute Gasteiger partial charge is 0.323 e. The fraction of sp³-hybridized carbons (Fsp3) is 0.143. The van der Waals surface area contributed by atoms with Gasteiger partial charge in [0, 0.05) is 24.4 Å². The number of carbonyl (C=O) groups excluding carboxylic acids is 2. The molecule has 0 atom stereocenters. The standard InChI is InChI=1S/C21H22N4O3/c1-13-4-9-19(28-3)18(10-13)25-21(27)24-17-7-5-15(6-8-17)16-11-20(22-12-16)23-14(2)26/h4-12,22H,1-3H3,(H,23,26)(H2,24,25,27). The maximum atomic E-state index is 12.3. The Morgan fingerprint density at radius 3 is 2.36 bits per heavy atom. The van der Waals surface area contributed by atoms with Crippen molar-refractivity contribution in [2.24, 2.45) is 0 Å². The van der Waals surface area contributed by atoms with Gasteiger partial charge in [-0.3, -0.25) is 4.79 Å². The van der Waals surface area contributed by atoms with E-state index >= 15 is 0 Å². The van der Waals surface area contributed by atoms with Crippen molar-refractivity contribution in [2.75, 3.05) is 23.1 Å². The molecule has 7 nitrogen and oxygen atoms in total. The second kappa shape index (κ2) is 8.30. The molecule has 0 aliphatic heterocycles. The molecule has 0 saturated carbocycles. The quantitative estimate of drug-likeness (QED) is 0.522. The van der Waals surface area contributed by atoms with E-state index in [1.165, 1.54) is 6.92 Å². The van der Waals surface area contributed by atoms with Crippen molar-refractivity contribution < 1.29 is 14.3 Å². The first-order chi connectivity index (χ1) is 13.4. The molecule has 0 radical (unpaired) electrons. The maximum absolute atomic E-state index is 12.3. The predicted molar refractivity (Wildman–Crippen MR) is 111 cm³/mol. The van der Waals surface area contributed by atoms with Crippen LogP contribution in [-0.4, -0.2) is 24.0 Å². The van der Waals surface area contributed by atoms with Gasteiger partial charge in [0.05, 0.1) is 12.8 Å². The van der Waals surface area contributed by atoms with Crippen LogP contribution >= 0.6 is 0 Å². The van der Waals surface area contributed by atoms with Gasteiger partial charge < -0.3 is 25.7 Å². The summed E-state index contributed by atoms with van der Waals surface area (Å²) in [6.45, 7) is 3.40. The van der Waals surface area contributed by atoms with E-state index in [0.29, 0.717) is 22.9 Å². The number of hydrogen-bond donors (Lipinski definition) is 4. The van der Waals surface area contributed by atoms with Crippen LogP contribution in [0.2, 0.25) is 0 Å². The van der Waals surface area contributed by atoms with Crippen molar-refractivity contribution in [1.29, 1.82) is 0 Å². The van der Waals surface area contributed by atoms with Gasteiger partial charge in [-0.25, -0.2) is 4.79 Å². The summed E-state index contributed by atoms with van der Waals surface area (Å²) >= 11 is 0. The average Bonchev–Trinajstić information content (AvgIpc) is 3.10. The number of aromatic amines is 1. The molecule has 1 aromatic heterocycles. The molecule has 0 unspecified atom stereocenters. The van der Waals surface area contributed by atoms with Crippen LogP contribution in [0.25, 0.3) is 11.1 Å². The third-order valence-electron chi connectivity index (χ3n) is 4.07. The molecule has 0 spiro atoms. The van der Waals surface area contributed by atoms with Crippen LogP contribution in [0, 0.1) is 6.92 Å². The number of amides is 3. The second-order valence-corrected chi connectivity index (χ2v) is 6.34. The number of aryl methyl sites for hydroxylation is 1. The molecule has 0 aliphatic rings. The van der Waals surface area contributed by atoms with Gasteiger partial charge in [-0.05, 0) is 48.4 Å². The van der Waals surface area contributed by atoms with Gasteiger partial charge in [-0.1, -0.05) is 18.2 Å². The lowest BCUT2D eigenvalue weighted by atomic mass is 10.1. The van der Waals surface area contributed by atoms with E-state index in [4.69, 9.17) is 4.74 Å². The van der Waals surface area contributed by atoms with Gasteiger partial charge in [-0.2, -0.15) is 0 Å².